The maximum atomic E-state index is 10.2. The van der Waals surface area contributed by atoms with Crippen molar-refractivity contribution in [2.24, 2.45) is 0 Å². The summed E-state index contributed by atoms with van der Waals surface area (Å²) in [6.07, 6.45) is 0.505. The maximum absolute atomic E-state index is 10.2. The van der Waals surface area contributed by atoms with Crippen LogP contribution in [0.25, 0.3) is 0 Å². The minimum Gasteiger partial charge on any atom is -0.387 e. The average molecular weight is 207 g/mol. The molecule has 0 aliphatic rings. The van der Waals surface area contributed by atoms with E-state index in [0.717, 1.165) is 17.5 Å². The second-order valence-corrected chi connectivity index (χ2v) is 4.11. The number of benzene rings is 1. The number of rotatable bonds is 4. The number of likely N-dealkylation sites (N-methyl/N-ethyl adjacent to an activating group) is 1. The number of nitrogens with one attached hydrogen (secondary N) is 1. The molecule has 0 aliphatic heterocycles. The minimum absolute atomic E-state index is 0.131. The predicted molar refractivity (Wildman–Crippen MR) is 64.0 cm³/mol. The van der Waals surface area contributed by atoms with Gasteiger partial charge < -0.3 is 10.4 Å². The molecule has 0 bridgehead atoms. The van der Waals surface area contributed by atoms with Gasteiger partial charge in [-0.2, -0.15) is 0 Å². The normalized spacial score (nSPS) is 15.0. The third kappa shape index (κ3) is 2.80. The van der Waals surface area contributed by atoms with Gasteiger partial charge in [0, 0.05) is 6.04 Å². The van der Waals surface area contributed by atoms with Crippen molar-refractivity contribution >= 4 is 0 Å². The summed E-state index contributed by atoms with van der Waals surface area (Å²) < 4.78 is 0. The summed E-state index contributed by atoms with van der Waals surface area (Å²) in [7, 11) is 1.89. The molecule has 0 spiro atoms. The lowest BCUT2D eigenvalue weighted by atomic mass is 9.95. The Morgan fingerprint density at radius 3 is 2.47 bits per heavy atom. The van der Waals surface area contributed by atoms with Crippen LogP contribution < -0.4 is 5.32 Å². The Hall–Kier alpha value is -0.860. The molecule has 0 fully saturated rings. The molecule has 2 nitrogen and oxygen atoms in total. The minimum atomic E-state index is -0.416. The third-order valence-corrected chi connectivity index (χ3v) is 2.94. The van der Waals surface area contributed by atoms with E-state index in [9.17, 15) is 5.11 Å². The van der Waals surface area contributed by atoms with E-state index in [-0.39, 0.29) is 6.04 Å². The second-order valence-electron chi connectivity index (χ2n) is 4.11. The lowest BCUT2D eigenvalue weighted by Crippen LogP contribution is -2.31. The smallest absolute Gasteiger partial charge is 0.0945 e. The van der Waals surface area contributed by atoms with Crippen LogP contribution in [0.2, 0.25) is 0 Å². The summed E-state index contributed by atoms with van der Waals surface area (Å²) >= 11 is 0. The Balaban J connectivity index is 2.94. The van der Waals surface area contributed by atoms with E-state index < -0.39 is 6.10 Å². The molecule has 1 aromatic rings. The largest absolute Gasteiger partial charge is 0.387 e. The van der Waals surface area contributed by atoms with Crippen LogP contribution >= 0.6 is 0 Å². The molecule has 0 radical (unpaired) electrons. The van der Waals surface area contributed by atoms with Crippen LogP contribution in [0.3, 0.4) is 0 Å². The maximum Gasteiger partial charge on any atom is 0.0945 e. The quantitative estimate of drug-likeness (QED) is 0.794. The lowest BCUT2D eigenvalue weighted by Gasteiger charge is -2.23. The summed E-state index contributed by atoms with van der Waals surface area (Å²) in [5, 5.41) is 13.3. The van der Waals surface area contributed by atoms with Gasteiger partial charge in [-0.05, 0) is 38.4 Å². The van der Waals surface area contributed by atoms with Gasteiger partial charge in [-0.3, -0.25) is 0 Å². The number of hydrogen-bond donors (Lipinski definition) is 2. The Morgan fingerprint density at radius 1 is 1.33 bits per heavy atom. The van der Waals surface area contributed by atoms with Gasteiger partial charge in [0.2, 0.25) is 0 Å². The fourth-order valence-electron chi connectivity index (χ4n) is 1.96. The molecule has 15 heavy (non-hydrogen) atoms. The van der Waals surface area contributed by atoms with Crippen LogP contribution in [0.15, 0.2) is 18.2 Å². The summed E-state index contributed by atoms with van der Waals surface area (Å²) in [4.78, 5) is 0. The molecular weight excluding hydrogens is 186 g/mol. The standard InChI is InChI=1S/C13H21NO/c1-5-12(14-4)13(15)11-7-6-9(2)8-10(11)3/h6-8,12-15H,5H2,1-4H3. The van der Waals surface area contributed by atoms with Gasteiger partial charge in [0.05, 0.1) is 6.10 Å². The van der Waals surface area contributed by atoms with Crippen LogP contribution in [-0.2, 0) is 0 Å². The highest BCUT2D eigenvalue weighted by molar-refractivity contribution is 5.32. The monoisotopic (exact) mass is 207 g/mol. The molecule has 1 aromatic carbocycles. The Morgan fingerprint density at radius 2 is 2.00 bits per heavy atom. The predicted octanol–water partition coefficient (Wildman–Crippen LogP) is 2.33. The van der Waals surface area contributed by atoms with E-state index in [2.05, 4.69) is 25.2 Å². The molecule has 0 heterocycles. The molecule has 1 rings (SSSR count). The van der Waals surface area contributed by atoms with Gasteiger partial charge >= 0.3 is 0 Å². The molecule has 84 valence electrons. The third-order valence-electron chi connectivity index (χ3n) is 2.94. The molecule has 0 saturated carbocycles. The molecular formula is C13H21NO. The molecule has 2 heteroatoms. The van der Waals surface area contributed by atoms with Crippen LogP contribution in [0.1, 0.15) is 36.1 Å². The molecule has 2 atom stereocenters. The Bertz CT molecular complexity index is 318. The van der Waals surface area contributed by atoms with E-state index in [1.165, 1.54) is 5.56 Å². The first-order valence-electron chi connectivity index (χ1n) is 5.52. The summed E-state index contributed by atoms with van der Waals surface area (Å²) in [6, 6.07) is 6.32. The highest BCUT2D eigenvalue weighted by atomic mass is 16.3. The first-order chi connectivity index (χ1) is 7.10. The van der Waals surface area contributed by atoms with Crippen molar-refractivity contribution in [1.82, 2.24) is 5.32 Å². The Labute approximate surface area is 92.3 Å². The van der Waals surface area contributed by atoms with Crippen molar-refractivity contribution in [3.8, 4) is 0 Å². The highest BCUT2D eigenvalue weighted by Crippen LogP contribution is 2.22. The van der Waals surface area contributed by atoms with Crippen LogP contribution in [0, 0.1) is 13.8 Å². The van der Waals surface area contributed by atoms with Gasteiger partial charge in [0.1, 0.15) is 0 Å². The SMILES string of the molecule is CCC(NC)C(O)c1ccc(C)cc1C. The van der Waals surface area contributed by atoms with Gasteiger partial charge in [-0.1, -0.05) is 30.7 Å². The number of aliphatic hydroxyl groups is 1. The van der Waals surface area contributed by atoms with Crippen molar-refractivity contribution in [3.05, 3.63) is 34.9 Å². The second kappa shape index (κ2) is 5.29. The van der Waals surface area contributed by atoms with Gasteiger partial charge in [-0.25, -0.2) is 0 Å². The van der Waals surface area contributed by atoms with Crippen molar-refractivity contribution in [2.45, 2.75) is 39.3 Å². The zero-order valence-electron chi connectivity index (χ0n) is 10.0. The van der Waals surface area contributed by atoms with Crippen molar-refractivity contribution in [1.29, 1.82) is 0 Å². The van der Waals surface area contributed by atoms with E-state index in [1.807, 2.05) is 26.1 Å². The Kier molecular flexibility index (Phi) is 4.30. The zero-order valence-corrected chi connectivity index (χ0v) is 10.0. The lowest BCUT2D eigenvalue weighted by molar-refractivity contribution is 0.129. The van der Waals surface area contributed by atoms with Crippen LogP contribution in [0.5, 0.6) is 0 Å². The molecule has 0 amide bonds. The van der Waals surface area contributed by atoms with E-state index in [4.69, 9.17) is 0 Å². The number of aryl methyl sites for hydroxylation is 2. The first-order valence-corrected chi connectivity index (χ1v) is 5.52. The topological polar surface area (TPSA) is 32.3 Å². The van der Waals surface area contributed by atoms with Crippen LogP contribution in [0.4, 0.5) is 0 Å². The van der Waals surface area contributed by atoms with Crippen LogP contribution in [-0.4, -0.2) is 18.2 Å². The first kappa shape index (κ1) is 12.2. The zero-order chi connectivity index (χ0) is 11.4. The summed E-state index contributed by atoms with van der Waals surface area (Å²) in [5.74, 6) is 0. The summed E-state index contributed by atoms with van der Waals surface area (Å²) in [6.45, 7) is 6.19. The summed E-state index contributed by atoms with van der Waals surface area (Å²) in [5.41, 5.74) is 3.43. The molecule has 0 saturated heterocycles. The molecule has 0 aromatic heterocycles. The van der Waals surface area contributed by atoms with E-state index in [1.54, 1.807) is 0 Å². The number of aliphatic hydroxyl groups excluding tert-OH is 1. The van der Waals surface area contributed by atoms with Crippen molar-refractivity contribution in [2.75, 3.05) is 7.05 Å². The molecule has 2 unspecified atom stereocenters. The van der Waals surface area contributed by atoms with Crippen molar-refractivity contribution in [3.63, 3.8) is 0 Å². The fourth-order valence-corrected chi connectivity index (χ4v) is 1.96. The fraction of sp³-hybridized carbons (Fsp3) is 0.538. The van der Waals surface area contributed by atoms with E-state index >= 15 is 0 Å². The van der Waals surface area contributed by atoms with Gasteiger partial charge in [0.25, 0.3) is 0 Å². The van der Waals surface area contributed by atoms with Crippen molar-refractivity contribution < 1.29 is 5.11 Å². The molecule has 2 N–H and O–H groups in total. The highest BCUT2D eigenvalue weighted by Gasteiger charge is 2.18. The van der Waals surface area contributed by atoms with E-state index in [0.29, 0.717) is 0 Å². The van der Waals surface area contributed by atoms with Gasteiger partial charge in [0.15, 0.2) is 0 Å². The van der Waals surface area contributed by atoms with Gasteiger partial charge in [-0.15, -0.1) is 0 Å². The average Bonchev–Trinajstić information content (AvgIpc) is 2.19. The molecule has 0 aliphatic carbocycles. The number of hydrogen-bond acceptors (Lipinski definition) is 2.